The molecule has 1 N–H and O–H groups in total. The molecule has 2 aliphatic heterocycles. The lowest BCUT2D eigenvalue weighted by molar-refractivity contribution is -0.0254. The highest BCUT2D eigenvalue weighted by molar-refractivity contribution is 9.10. The third-order valence-corrected chi connectivity index (χ3v) is 7.41. The molecule has 0 atom stereocenters. The van der Waals surface area contributed by atoms with E-state index in [0.29, 0.717) is 6.61 Å². The van der Waals surface area contributed by atoms with Gasteiger partial charge in [0.25, 0.3) is 0 Å². The monoisotopic (exact) mass is 520 g/mol. The Hall–Kier alpha value is -2.67. The van der Waals surface area contributed by atoms with Crippen LogP contribution in [0.3, 0.4) is 0 Å². The molecule has 34 heavy (non-hydrogen) atoms. The molecule has 2 aliphatic rings. The number of pyridine rings is 1. The third kappa shape index (κ3) is 4.76. The van der Waals surface area contributed by atoms with Crippen molar-refractivity contribution >= 4 is 21.5 Å². The summed E-state index contributed by atoms with van der Waals surface area (Å²) in [5.74, 6) is 1.66. The minimum absolute atomic E-state index is 0.452. The number of likely N-dealkylation sites (tertiary alicyclic amines) is 1. The minimum Gasteiger partial charge on any atom is -0.497 e. The number of nitrogens with zero attached hydrogens (tertiary/aromatic N) is 2. The first-order valence-corrected chi connectivity index (χ1v) is 12.5. The molecule has 0 bridgehead atoms. The predicted molar refractivity (Wildman–Crippen MR) is 137 cm³/mol. The quantitative estimate of drug-likeness (QED) is 0.477. The van der Waals surface area contributed by atoms with Crippen LogP contribution in [0.2, 0.25) is 0 Å². The summed E-state index contributed by atoms with van der Waals surface area (Å²) in [6, 6.07) is 18.1. The third-order valence-electron chi connectivity index (χ3n) is 6.88. The van der Waals surface area contributed by atoms with Gasteiger partial charge in [0, 0.05) is 41.4 Å². The molecule has 6 heteroatoms. The standard InChI is InChI=1S/C28H29BrN2O3/c1-33-22-10-11-27-25(18-22)23(24-4-2-14-30-26(24)19-34-27)5-3-15-31-16-12-28(32,13-17-31)20-6-8-21(29)9-7-20/h2,4-11,14,18,32H,3,12-13,15-17,19H2,1H3. The van der Waals surface area contributed by atoms with E-state index < -0.39 is 5.60 Å². The topological polar surface area (TPSA) is 54.8 Å². The molecule has 2 aromatic carbocycles. The van der Waals surface area contributed by atoms with Crippen LogP contribution in [-0.4, -0.2) is 41.7 Å². The first kappa shape index (κ1) is 23.1. The van der Waals surface area contributed by atoms with Crippen molar-refractivity contribution in [3.05, 3.63) is 93.7 Å². The minimum atomic E-state index is -0.742. The summed E-state index contributed by atoms with van der Waals surface area (Å²) in [5, 5.41) is 11.2. The van der Waals surface area contributed by atoms with Crippen LogP contribution < -0.4 is 9.47 Å². The van der Waals surface area contributed by atoms with Gasteiger partial charge in [-0.25, -0.2) is 0 Å². The van der Waals surface area contributed by atoms with Gasteiger partial charge >= 0.3 is 0 Å². The Morgan fingerprint density at radius 1 is 1.12 bits per heavy atom. The Morgan fingerprint density at radius 2 is 1.91 bits per heavy atom. The summed E-state index contributed by atoms with van der Waals surface area (Å²) in [5.41, 5.74) is 4.49. The molecule has 3 aromatic rings. The number of hydrogen-bond donors (Lipinski definition) is 1. The predicted octanol–water partition coefficient (Wildman–Crippen LogP) is 5.55. The second-order valence-electron chi connectivity index (χ2n) is 8.94. The van der Waals surface area contributed by atoms with Crippen LogP contribution in [0, 0.1) is 0 Å². The average molecular weight is 521 g/mol. The lowest BCUT2D eigenvalue weighted by Crippen LogP contribution is -2.42. The van der Waals surface area contributed by atoms with E-state index in [-0.39, 0.29) is 0 Å². The fraction of sp³-hybridized carbons (Fsp3) is 0.321. The Kier molecular flexibility index (Phi) is 6.73. The van der Waals surface area contributed by atoms with E-state index in [2.05, 4.69) is 38.0 Å². The van der Waals surface area contributed by atoms with E-state index in [1.54, 1.807) is 7.11 Å². The van der Waals surface area contributed by atoms with Crippen molar-refractivity contribution in [2.45, 2.75) is 31.5 Å². The van der Waals surface area contributed by atoms with Gasteiger partial charge in [0.15, 0.2) is 0 Å². The van der Waals surface area contributed by atoms with Crippen LogP contribution in [0.15, 0.2) is 71.3 Å². The first-order valence-electron chi connectivity index (χ1n) is 11.7. The Bertz CT molecular complexity index is 1180. The number of fused-ring (bicyclic) bond motifs is 2. The summed E-state index contributed by atoms with van der Waals surface area (Å²) in [4.78, 5) is 7.00. The second kappa shape index (κ2) is 9.90. The van der Waals surface area contributed by atoms with Crippen LogP contribution >= 0.6 is 15.9 Å². The molecule has 1 saturated heterocycles. The number of piperidine rings is 1. The molecule has 0 unspecified atom stereocenters. The van der Waals surface area contributed by atoms with Crippen LogP contribution in [0.4, 0.5) is 0 Å². The summed E-state index contributed by atoms with van der Waals surface area (Å²) in [6.07, 6.45) is 6.49. The smallest absolute Gasteiger partial charge is 0.131 e. The molecule has 5 nitrogen and oxygen atoms in total. The van der Waals surface area contributed by atoms with Crippen LogP contribution in [-0.2, 0) is 12.2 Å². The van der Waals surface area contributed by atoms with Crippen molar-refractivity contribution in [3.63, 3.8) is 0 Å². The van der Waals surface area contributed by atoms with Gasteiger partial charge in [0.1, 0.15) is 18.1 Å². The molecule has 5 rings (SSSR count). The zero-order valence-electron chi connectivity index (χ0n) is 19.3. The molecule has 0 amide bonds. The largest absolute Gasteiger partial charge is 0.497 e. The zero-order valence-corrected chi connectivity index (χ0v) is 20.9. The number of benzene rings is 2. The highest BCUT2D eigenvalue weighted by Crippen LogP contribution is 2.38. The second-order valence-corrected chi connectivity index (χ2v) is 9.85. The maximum Gasteiger partial charge on any atom is 0.131 e. The number of aromatic nitrogens is 1. The normalized spacial score (nSPS) is 18.5. The molecule has 1 fully saturated rings. The SMILES string of the molecule is COc1ccc2c(c1)C(=CCCN1CCC(O)(c3ccc(Br)cc3)CC1)c1cccnc1CO2. The molecule has 0 radical (unpaired) electrons. The fourth-order valence-electron chi connectivity index (χ4n) is 4.87. The molecule has 0 saturated carbocycles. The average Bonchev–Trinajstić information content (AvgIpc) is 3.02. The van der Waals surface area contributed by atoms with Gasteiger partial charge in [0.05, 0.1) is 18.4 Å². The molecule has 176 valence electrons. The lowest BCUT2D eigenvalue weighted by Gasteiger charge is -2.38. The maximum absolute atomic E-state index is 11.2. The van der Waals surface area contributed by atoms with E-state index in [1.807, 2.05) is 54.7 Å². The molecule has 0 aliphatic carbocycles. The number of methoxy groups -OCH3 is 1. The molecule has 0 spiro atoms. The van der Waals surface area contributed by atoms with Crippen LogP contribution in [0.1, 0.15) is 41.6 Å². The van der Waals surface area contributed by atoms with E-state index in [1.165, 1.54) is 0 Å². The fourth-order valence-corrected chi connectivity index (χ4v) is 5.13. The van der Waals surface area contributed by atoms with Gasteiger partial charge in [-0.3, -0.25) is 4.98 Å². The summed E-state index contributed by atoms with van der Waals surface area (Å²) >= 11 is 3.48. The maximum atomic E-state index is 11.2. The number of ether oxygens (including phenoxy) is 2. The molecular formula is C28H29BrN2O3. The van der Waals surface area contributed by atoms with Gasteiger partial charge in [-0.1, -0.05) is 40.2 Å². The molecular weight excluding hydrogens is 492 g/mol. The Labute approximate surface area is 209 Å². The number of halogens is 1. The molecule has 1 aromatic heterocycles. The summed E-state index contributed by atoms with van der Waals surface area (Å²) in [6.45, 7) is 3.14. The van der Waals surface area contributed by atoms with E-state index in [0.717, 1.165) is 82.8 Å². The van der Waals surface area contributed by atoms with Crippen molar-refractivity contribution < 1.29 is 14.6 Å². The van der Waals surface area contributed by atoms with Gasteiger partial charge < -0.3 is 19.5 Å². The zero-order chi connectivity index (χ0) is 23.5. The van der Waals surface area contributed by atoms with Gasteiger partial charge in [-0.2, -0.15) is 0 Å². The summed E-state index contributed by atoms with van der Waals surface area (Å²) < 4.78 is 12.6. The van der Waals surface area contributed by atoms with E-state index in [9.17, 15) is 5.11 Å². The Morgan fingerprint density at radius 3 is 2.68 bits per heavy atom. The highest BCUT2D eigenvalue weighted by atomic mass is 79.9. The number of hydrogen-bond acceptors (Lipinski definition) is 5. The van der Waals surface area contributed by atoms with Gasteiger partial charge in [-0.05, 0) is 66.8 Å². The van der Waals surface area contributed by atoms with Gasteiger partial charge in [-0.15, -0.1) is 0 Å². The molecule has 3 heterocycles. The number of aliphatic hydroxyl groups is 1. The van der Waals surface area contributed by atoms with Gasteiger partial charge in [0.2, 0.25) is 0 Å². The van der Waals surface area contributed by atoms with E-state index >= 15 is 0 Å². The van der Waals surface area contributed by atoms with Crippen molar-refractivity contribution in [3.8, 4) is 11.5 Å². The van der Waals surface area contributed by atoms with E-state index in [4.69, 9.17) is 9.47 Å². The van der Waals surface area contributed by atoms with Crippen molar-refractivity contribution in [1.82, 2.24) is 9.88 Å². The Balaban J connectivity index is 1.31. The van der Waals surface area contributed by atoms with Crippen LogP contribution in [0.25, 0.3) is 5.57 Å². The van der Waals surface area contributed by atoms with Crippen molar-refractivity contribution in [1.29, 1.82) is 0 Å². The first-order chi connectivity index (χ1) is 16.6. The summed E-state index contributed by atoms with van der Waals surface area (Å²) in [7, 11) is 1.68. The van der Waals surface area contributed by atoms with Crippen molar-refractivity contribution in [2.24, 2.45) is 0 Å². The van der Waals surface area contributed by atoms with Crippen molar-refractivity contribution in [2.75, 3.05) is 26.7 Å². The van der Waals surface area contributed by atoms with Crippen LogP contribution in [0.5, 0.6) is 11.5 Å². The number of rotatable bonds is 5. The lowest BCUT2D eigenvalue weighted by atomic mass is 9.84. The highest BCUT2D eigenvalue weighted by Gasteiger charge is 2.33.